The maximum Gasteiger partial charge on any atom is 0.389 e. The highest BCUT2D eigenvalue weighted by atomic mass is 19.4. The van der Waals surface area contributed by atoms with Gasteiger partial charge < -0.3 is 11.1 Å². The Morgan fingerprint density at radius 2 is 1.89 bits per heavy atom. The molecule has 2 nitrogen and oxygen atoms in total. The third kappa shape index (κ3) is 6.05. The summed E-state index contributed by atoms with van der Waals surface area (Å²) in [6.07, 6.45) is 0.902. The summed E-state index contributed by atoms with van der Waals surface area (Å²) in [5.74, 6) is 0.815. The molecule has 0 aromatic carbocycles. The van der Waals surface area contributed by atoms with E-state index >= 15 is 0 Å². The van der Waals surface area contributed by atoms with Gasteiger partial charge in [0.1, 0.15) is 0 Å². The molecule has 0 aromatic rings. The van der Waals surface area contributed by atoms with Crippen LogP contribution in [0.15, 0.2) is 0 Å². The van der Waals surface area contributed by atoms with E-state index in [1.165, 1.54) is 19.3 Å². The predicted molar refractivity (Wildman–Crippen MR) is 67.3 cm³/mol. The third-order valence-electron chi connectivity index (χ3n) is 3.97. The molecule has 3 N–H and O–H groups in total. The molecular weight excluding hydrogens is 241 g/mol. The van der Waals surface area contributed by atoms with E-state index in [2.05, 4.69) is 5.32 Å². The largest absolute Gasteiger partial charge is 0.389 e. The first-order valence-corrected chi connectivity index (χ1v) is 6.86. The zero-order valence-corrected chi connectivity index (χ0v) is 11.2. The van der Waals surface area contributed by atoms with Crippen LogP contribution in [0.25, 0.3) is 0 Å². The Morgan fingerprint density at radius 1 is 1.22 bits per heavy atom. The fourth-order valence-corrected chi connectivity index (χ4v) is 2.30. The number of nitrogens with one attached hydrogen (secondary N) is 1. The minimum atomic E-state index is -4.05. The van der Waals surface area contributed by atoms with E-state index in [4.69, 9.17) is 5.73 Å². The van der Waals surface area contributed by atoms with Gasteiger partial charge in [-0.25, -0.2) is 0 Å². The first kappa shape index (κ1) is 15.8. The van der Waals surface area contributed by atoms with E-state index in [1.54, 1.807) is 0 Å². The van der Waals surface area contributed by atoms with Crippen molar-refractivity contribution in [2.75, 3.05) is 13.1 Å². The number of nitrogens with two attached hydrogens (primary N) is 1. The van der Waals surface area contributed by atoms with Crippen molar-refractivity contribution >= 4 is 0 Å². The maximum absolute atomic E-state index is 12.1. The van der Waals surface area contributed by atoms with E-state index in [0.717, 1.165) is 18.9 Å². The highest BCUT2D eigenvalue weighted by Gasteiger charge is 2.29. The quantitative estimate of drug-likeness (QED) is 0.708. The molecule has 1 unspecified atom stereocenters. The fraction of sp³-hybridized carbons (Fsp3) is 1.00. The van der Waals surface area contributed by atoms with Crippen molar-refractivity contribution in [2.45, 2.75) is 63.6 Å². The molecule has 0 spiro atoms. The molecular formula is C13H25F3N2. The van der Waals surface area contributed by atoms with Crippen LogP contribution in [0.5, 0.6) is 0 Å². The zero-order valence-electron chi connectivity index (χ0n) is 11.2. The smallest absolute Gasteiger partial charge is 0.329 e. The van der Waals surface area contributed by atoms with Gasteiger partial charge >= 0.3 is 6.18 Å². The third-order valence-corrected chi connectivity index (χ3v) is 3.97. The molecule has 0 bridgehead atoms. The summed E-state index contributed by atoms with van der Waals surface area (Å²) in [6, 6.07) is 0. The topological polar surface area (TPSA) is 38.0 Å². The highest BCUT2D eigenvalue weighted by molar-refractivity contribution is 4.85. The van der Waals surface area contributed by atoms with Crippen molar-refractivity contribution in [3.8, 4) is 0 Å². The van der Waals surface area contributed by atoms with Crippen molar-refractivity contribution in [2.24, 2.45) is 11.7 Å². The lowest BCUT2D eigenvalue weighted by Crippen LogP contribution is -2.49. The Hall–Kier alpha value is -0.290. The number of hydrogen-bond acceptors (Lipinski definition) is 2. The van der Waals surface area contributed by atoms with E-state index in [1.807, 2.05) is 6.92 Å². The first-order chi connectivity index (χ1) is 8.35. The van der Waals surface area contributed by atoms with Crippen LogP contribution >= 0.6 is 0 Å². The van der Waals surface area contributed by atoms with Gasteiger partial charge in [-0.1, -0.05) is 19.3 Å². The molecule has 1 atom stereocenters. The lowest BCUT2D eigenvalue weighted by molar-refractivity contribution is -0.136. The molecule has 1 rings (SSSR count). The Kier molecular flexibility index (Phi) is 5.92. The highest BCUT2D eigenvalue weighted by Crippen LogP contribution is 2.29. The zero-order chi connectivity index (χ0) is 13.6. The molecule has 5 heteroatoms. The van der Waals surface area contributed by atoms with Crippen LogP contribution in [0.4, 0.5) is 13.2 Å². The lowest BCUT2D eigenvalue weighted by Gasteiger charge is -2.32. The summed E-state index contributed by atoms with van der Waals surface area (Å²) in [4.78, 5) is 0. The van der Waals surface area contributed by atoms with Crippen molar-refractivity contribution in [3.05, 3.63) is 0 Å². The molecule has 0 aromatic heterocycles. The molecule has 1 aliphatic carbocycles. The van der Waals surface area contributed by atoms with Crippen molar-refractivity contribution in [3.63, 3.8) is 0 Å². The molecule has 0 aliphatic heterocycles. The maximum atomic E-state index is 12.1. The summed E-state index contributed by atoms with van der Waals surface area (Å²) in [5, 5.41) is 3.34. The molecule has 0 saturated heterocycles. The molecule has 1 saturated carbocycles. The van der Waals surface area contributed by atoms with Gasteiger partial charge in [0.25, 0.3) is 0 Å². The number of hydrogen-bond donors (Lipinski definition) is 2. The molecule has 0 radical (unpaired) electrons. The molecule has 108 valence electrons. The molecule has 0 heterocycles. The molecule has 1 fully saturated rings. The second kappa shape index (κ2) is 6.75. The van der Waals surface area contributed by atoms with E-state index in [9.17, 15) is 13.2 Å². The summed E-state index contributed by atoms with van der Waals surface area (Å²) in [7, 11) is 0. The molecule has 1 aliphatic rings. The second-order valence-corrected chi connectivity index (χ2v) is 5.75. The average Bonchev–Trinajstić information content (AvgIpc) is 2.20. The van der Waals surface area contributed by atoms with Gasteiger partial charge in [0.2, 0.25) is 0 Å². The van der Waals surface area contributed by atoms with E-state index < -0.39 is 12.6 Å². The van der Waals surface area contributed by atoms with Crippen LogP contribution in [0, 0.1) is 5.92 Å². The van der Waals surface area contributed by atoms with Gasteiger partial charge in [0, 0.05) is 18.5 Å². The lowest BCUT2D eigenvalue weighted by atomic mass is 9.83. The molecule has 18 heavy (non-hydrogen) atoms. The van der Waals surface area contributed by atoms with Gasteiger partial charge in [0.15, 0.2) is 0 Å². The Bertz CT molecular complexity index is 239. The predicted octanol–water partition coefficient (Wildman–Crippen LogP) is 3.22. The number of halogens is 3. The van der Waals surface area contributed by atoms with Gasteiger partial charge in [0.05, 0.1) is 0 Å². The minimum Gasteiger partial charge on any atom is -0.329 e. The fourth-order valence-electron chi connectivity index (χ4n) is 2.30. The summed E-state index contributed by atoms with van der Waals surface area (Å²) < 4.78 is 36.3. The van der Waals surface area contributed by atoms with Crippen LogP contribution in [0.3, 0.4) is 0 Å². The minimum absolute atomic E-state index is 0.146. The van der Waals surface area contributed by atoms with E-state index in [0.29, 0.717) is 13.0 Å². The summed E-state index contributed by atoms with van der Waals surface area (Å²) in [6.45, 7) is 3.17. The van der Waals surface area contributed by atoms with Crippen LogP contribution in [0.1, 0.15) is 51.9 Å². The van der Waals surface area contributed by atoms with Gasteiger partial charge in [-0.3, -0.25) is 0 Å². The van der Waals surface area contributed by atoms with Crippen LogP contribution < -0.4 is 11.1 Å². The first-order valence-electron chi connectivity index (χ1n) is 6.86. The van der Waals surface area contributed by atoms with Gasteiger partial charge in [-0.2, -0.15) is 13.2 Å². The van der Waals surface area contributed by atoms with Crippen molar-refractivity contribution in [1.29, 1.82) is 0 Å². The average molecular weight is 266 g/mol. The van der Waals surface area contributed by atoms with Crippen LogP contribution in [-0.2, 0) is 0 Å². The van der Waals surface area contributed by atoms with Crippen LogP contribution in [0.2, 0.25) is 0 Å². The van der Waals surface area contributed by atoms with Crippen molar-refractivity contribution in [1.82, 2.24) is 5.32 Å². The Morgan fingerprint density at radius 3 is 2.33 bits per heavy atom. The second-order valence-electron chi connectivity index (χ2n) is 5.75. The Labute approximate surface area is 107 Å². The summed E-state index contributed by atoms with van der Waals surface area (Å²) >= 11 is 0. The van der Waals surface area contributed by atoms with Gasteiger partial charge in [-0.15, -0.1) is 0 Å². The standard InChI is InChI=1S/C13H25F3N2/c1-12(10-17,7-3-8-13(14,15)16)18-9-6-11-4-2-5-11/h11,18H,2-10,17H2,1H3. The van der Waals surface area contributed by atoms with Crippen LogP contribution in [-0.4, -0.2) is 24.8 Å². The Balaban J connectivity index is 2.18. The number of rotatable bonds is 8. The van der Waals surface area contributed by atoms with Crippen molar-refractivity contribution < 1.29 is 13.2 Å². The van der Waals surface area contributed by atoms with Gasteiger partial charge in [-0.05, 0) is 38.6 Å². The van der Waals surface area contributed by atoms with E-state index in [-0.39, 0.29) is 12.0 Å². The summed E-state index contributed by atoms with van der Waals surface area (Å²) in [5.41, 5.74) is 5.32. The number of alkyl halides is 3. The molecule has 0 amide bonds. The SMILES string of the molecule is CC(CN)(CCCC(F)(F)F)NCCC1CCC1. The normalized spacial score (nSPS) is 20.5. The monoisotopic (exact) mass is 266 g/mol.